The molecule has 3 aromatic rings. The second-order valence-electron chi connectivity index (χ2n) is 6.23. The van der Waals surface area contributed by atoms with Gasteiger partial charge >= 0.3 is 0 Å². The van der Waals surface area contributed by atoms with Crippen molar-refractivity contribution >= 4 is 27.5 Å². The fourth-order valence-corrected chi connectivity index (χ4v) is 3.80. The Morgan fingerprint density at radius 3 is 2.26 bits per heavy atom. The summed E-state index contributed by atoms with van der Waals surface area (Å²) in [5, 5.41) is 2.65. The fourth-order valence-electron chi connectivity index (χ4n) is 3.80. The molecular weight excluding hydrogens is 278 g/mol. The van der Waals surface area contributed by atoms with E-state index in [4.69, 9.17) is 0 Å². The highest BCUT2D eigenvalue weighted by molar-refractivity contribution is 6.10. The van der Waals surface area contributed by atoms with Crippen molar-refractivity contribution in [2.75, 3.05) is 0 Å². The molecule has 2 aliphatic rings. The third kappa shape index (κ3) is 1.86. The van der Waals surface area contributed by atoms with E-state index in [-0.39, 0.29) is 0 Å². The number of hydrogen-bond donors (Lipinski definition) is 0. The summed E-state index contributed by atoms with van der Waals surface area (Å²) in [7, 11) is 0. The van der Waals surface area contributed by atoms with Crippen LogP contribution in [0.5, 0.6) is 0 Å². The van der Waals surface area contributed by atoms with Crippen LogP contribution >= 0.6 is 0 Å². The summed E-state index contributed by atoms with van der Waals surface area (Å²) in [6.07, 6.45) is 14.6. The van der Waals surface area contributed by atoms with Gasteiger partial charge in [0.2, 0.25) is 0 Å². The predicted molar refractivity (Wildman–Crippen MR) is 98.2 cm³/mol. The summed E-state index contributed by atoms with van der Waals surface area (Å²) in [5.74, 6) is 0.539. The lowest BCUT2D eigenvalue weighted by Gasteiger charge is -2.22. The highest BCUT2D eigenvalue weighted by Gasteiger charge is 2.18. The maximum absolute atomic E-state index is 2.40. The molecule has 1 nitrogen and oxygen atoms in total. The normalized spacial score (nSPS) is 19.7. The largest absolute Gasteiger partial charge is 0.310 e. The number of rotatable bonds is 1. The first kappa shape index (κ1) is 12.7. The minimum Gasteiger partial charge on any atom is -0.310 e. The lowest BCUT2D eigenvalue weighted by atomic mass is 9.87. The molecule has 1 atom stereocenters. The first-order valence-electron chi connectivity index (χ1n) is 8.17. The Balaban J connectivity index is 1.80. The summed E-state index contributed by atoms with van der Waals surface area (Å²) in [4.78, 5) is 0. The first-order chi connectivity index (χ1) is 11.4. The molecule has 0 aliphatic heterocycles. The minimum absolute atomic E-state index is 0.539. The number of para-hydroxylation sites is 2. The molecule has 0 fully saturated rings. The third-order valence-corrected chi connectivity index (χ3v) is 4.91. The van der Waals surface area contributed by atoms with Crippen LogP contribution in [-0.2, 0) is 0 Å². The van der Waals surface area contributed by atoms with E-state index in [0.29, 0.717) is 5.92 Å². The summed E-state index contributed by atoms with van der Waals surface area (Å²) in [6, 6.07) is 17.4. The second kappa shape index (κ2) is 4.85. The molecule has 2 aromatic carbocycles. The van der Waals surface area contributed by atoms with Crippen LogP contribution in [0.4, 0.5) is 0 Å². The number of fused-ring (bicyclic) bond motifs is 4. The smallest absolute Gasteiger partial charge is 0.0540 e. The van der Waals surface area contributed by atoms with E-state index in [1.54, 1.807) is 0 Å². The van der Waals surface area contributed by atoms with Gasteiger partial charge in [0, 0.05) is 22.4 Å². The van der Waals surface area contributed by atoms with Gasteiger partial charge in [0.05, 0.1) is 11.0 Å². The highest BCUT2D eigenvalue weighted by atomic mass is 15.0. The average Bonchev–Trinajstić information content (AvgIpc) is 2.96. The molecule has 0 saturated carbocycles. The number of nitrogens with zero attached hydrogens (tertiary/aromatic N) is 1. The monoisotopic (exact) mass is 295 g/mol. The number of benzene rings is 2. The standard InChI is InChI=1S/C22H17N/c1-2-8-17-15-18(14-13-16(17)7-1)23-21-11-5-3-9-19(21)20-10-4-6-12-22(20)23/h1-12,14-16H,13H2. The Labute approximate surface area is 135 Å². The summed E-state index contributed by atoms with van der Waals surface area (Å²) in [6.45, 7) is 0. The Morgan fingerprint density at radius 2 is 1.52 bits per heavy atom. The predicted octanol–water partition coefficient (Wildman–Crippen LogP) is 5.71. The van der Waals surface area contributed by atoms with Crippen LogP contribution in [-0.4, -0.2) is 4.57 Å². The molecule has 0 radical (unpaired) electrons. The Bertz CT molecular complexity index is 987. The maximum atomic E-state index is 2.40. The van der Waals surface area contributed by atoms with Gasteiger partial charge in [0.15, 0.2) is 0 Å². The third-order valence-electron chi connectivity index (χ3n) is 4.91. The van der Waals surface area contributed by atoms with Gasteiger partial charge in [-0.25, -0.2) is 0 Å². The van der Waals surface area contributed by atoms with Crippen molar-refractivity contribution in [1.82, 2.24) is 4.57 Å². The molecule has 0 saturated heterocycles. The van der Waals surface area contributed by atoms with Gasteiger partial charge in [-0.2, -0.15) is 0 Å². The van der Waals surface area contributed by atoms with E-state index in [1.165, 1.54) is 33.1 Å². The number of aromatic nitrogens is 1. The molecule has 1 aromatic heterocycles. The summed E-state index contributed by atoms with van der Waals surface area (Å²) in [5.41, 5.74) is 5.26. The van der Waals surface area contributed by atoms with Gasteiger partial charge in [0.1, 0.15) is 0 Å². The van der Waals surface area contributed by atoms with Gasteiger partial charge in [-0.3, -0.25) is 0 Å². The molecule has 1 heteroatoms. The maximum Gasteiger partial charge on any atom is 0.0540 e. The van der Waals surface area contributed by atoms with Crippen LogP contribution in [0.15, 0.2) is 90.6 Å². The average molecular weight is 295 g/mol. The van der Waals surface area contributed by atoms with Crippen molar-refractivity contribution in [1.29, 1.82) is 0 Å². The molecule has 5 rings (SSSR count). The zero-order valence-corrected chi connectivity index (χ0v) is 12.8. The van der Waals surface area contributed by atoms with Gasteiger partial charge in [0.25, 0.3) is 0 Å². The lowest BCUT2D eigenvalue weighted by Crippen LogP contribution is -2.08. The SMILES string of the molecule is C1=CC2=CC(n3c4ccccc4c4ccccc43)=CCC2C=C1. The van der Waals surface area contributed by atoms with Crippen LogP contribution < -0.4 is 0 Å². The van der Waals surface area contributed by atoms with E-state index >= 15 is 0 Å². The molecule has 0 spiro atoms. The zero-order valence-electron chi connectivity index (χ0n) is 12.8. The molecule has 0 N–H and O–H groups in total. The summed E-state index contributed by atoms with van der Waals surface area (Å²) < 4.78 is 2.40. The Morgan fingerprint density at radius 1 is 0.826 bits per heavy atom. The van der Waals surface area contributed by atoms with E-state index in [9.17, 15) is 0 Å². The van der Waals surface area contributed by atoms with Crippen molar-refractivity contribution in [3.05, 3.63) is 90.6 Å². The number of hydrogen-bond acceptors (Lipinski definition) is 0. The first-order valence-corrected chi connectivity index (χ1v) is 8.17. The molecule has 110 valence electrons. The van der Waals surface area contributed by atoms with Crippen molar-refractivity contribution < 1.29 is 0 Å². The van der Waals surface area contributed by atoms with E-state index in [2.05, 4.69) is 89.6 Å². The van der Waals surface area contributed by atoms with Crippen LogP contribution in [0.25, 0.3) is 27.5 Å². The molecule has 23 heavy (non-hydrogen) atoms. The molecule has 0 bridgehead atoms. The quantitative estimate of drug-likeness (QED) is 0.542. The van der Waals surface area contributed by atoms with E-state index in [1.807, 2.05) is 0 Å². The van der Waals surface area contributed by atoms with Crippen LogP contribution in [0.2, 0.25) is 0 Å². The molecule has 1 heterocycles. The van der Waals surface area contributed by atoms with Gasteiger partial charge in [-0.1, -0.05) is 66.8 Å². The molecular formula is C22H17N. The van der Waals surface area contributed by atoms with Gasteiger partial charge in [-0.15, -0.1) is 0 Å². The lowest BCUT2D eigenvalue weighted by molar-refractivity contribution is 0.777. The van der Waals surface area contributed by atoms with Gasteiger partial charge in [-0.05, 0) is 30.2 Å². The molecule has 0 amide bonds. The zero-order chi connectivity index (χ0) is 15.2. The Hall–Kier alpha value is -2.80. The van der Waals surface area contributed by atoms with Crippen molar-refractivity contribution in [3.63, 3.8) is 0 Å². The van der Waals surface area contributed by atoms with Crippen LogP contribution in [0.3, 0.4) is 0 Å². The Kier molecular flexibility index (Phi) is 2.68. The number of allylic oxidation sites excluding steroid dienone is 8. The molecule has 2 aliphatic carbocycles. The van der Waals surface area contributed by atoms with E-state index < -0.39 is 0 Å². The highest BCUT2D eigenvalue weighted by Crippen LogP contribution is 2.36. The van der Waals surface area contributed by atoms with Crippen LogP contribution in [0, 0.1) is 5.92 Å². The summed E-state index contributed by atoms with van der Waals surface area (Å²) >= 11 is 0. The van der Waals surface area contributed by atoms with Crippen LogP contribution in [0.1, 0.15) is 6.42 Å². The fraction of sp³-hybridized carbons (Fsp3) is 0.0909. The topological polar surface area (TPSA) is 4.93 Å². The van der Waals surface area contributed by atoms with Gasteiger partial charge < -0.3 is 4.57 Å². The van der Waals surface area contributed by atoms with E-state index in [0.717, 1.165) is 6.42 Å². The minimum atomic E-state index is 0.539. The van der Waals surface area contributed by atoms with Crippen molar-refractivity contribution in [2.45, 2.75) is 6.42 Å². The second-order valence-corrected chi connectivity index (χ2v) is 6.23. The van der Waals surface area contributed by atoms with Crippen molar-refractivity contribution in [2.24, 2.45) is 5.92 Å². The molecule has 1 unspecified atom stereocenters. The van der Waals surface area contributed by atoms with Crippen molar-refractivity contribution in [3.8, 4) is 0 Å².